The number of carbonyl (C=O) groups is 2. The van der Waals surface area contributed by atoms with Gasteiger partial charge in [0.2, 0.25) is 5.78 Å². The van der Waals surface area contributed by atoms with Crippen LogP contribution in [0.25, 0.3) is 11.0 Å². The molecule has 2 N–H and O–H groups in total. The first-order chi connectivity index (χ1) is 16.5. The number of aliphatic hydroxyl groups is 1. The predicted molar refractivity (Wildman–Crippen MR) is 127 cm³/mol. The van der Waals surface area contributed by atoms with Crippen LogP contribution in [0, 0.1) is 0 Å². The van der Waals surface area contributed by atoms with Crippen molar-refractivity contribution >= 4 is 22.7 Å². The average Bonchev–Trinajstić information content (AvgIpc) is 3.41. The van der Waals surface area contributed by atoms with Crippen LogP contribution >= 0.6 is 0 Å². The number of furan rings is 1. The van der Waals surface area contributed by atoms with Crippen molar-refractivity contribution in [3.8, 4) is 5.75 Å². The summed E-state index contributed by atoms with van der Waals surface area (Å²) in [5.74, 6) is -1.06. The minimum Gasteiger partial charge on any atom is -0.503 e. The Bertz CT molecular complexity index is 1210. The third-order valence-corrected chi connectivity index (χ3v) is 6.45. The van der Waals surface area contributed by atoms with Crippen LogP contribution in [0.3, 0.4) is 0 Å². The van der Waals surface area contributed by atoms with Crippen molar-refractivity contribution in [2.45, 2.75) is 26.3 Å². The van der Waals surface area contributed by atoms with Gasteiger partial charge in [0.15, 0.2) is 22.9 Å². The lowest BCUT2D eigenvalue weighted by Crippen LogP contribution is -3.11. The first-order valence-electron chi connectivity index (χ1n) is 11.6. The second-order valence-corrected chi connectivity index (χ2v) is 8.32. The van der Waals surface area contributed by atoms with Crippen LogP contribution in [0.15, 0.2) is 64.5 Å². The summed E-state index contributed by atoms with van der Waals surface area (Å²) in [7, 11) is 1.53. The number of pyridine rings is 1. The summed E-state index contributed by atoms with van der Waals surface area (Å²) < 4.78 is 11.2. The number of quaternary nitrogens is 1. The first-order valence-corrected chi connectivity index (χ1v) is 11.6. The van der Waals surface area contributed by atoms with Gasteiger partial charge in [0.25, 0.3) is 5.91 Å². The summed E-state index contributed by atoms with van der Waals surface area (Å²) in [5.41, 5.74) is 1.17. The predicted octanol–water partition coefficient (Wildman–Crippen LogP) is 2.73. The topological polar surface area (TPSA) is 97.3 Å². The van der Waals surface area contributed by atoms with Gasteiger partial charge in [0, 0.05) is 30.7 Å². The minimum absolute atomic E-state index is 0.0180. The van der Waals surface area contributed by atoms with Crippen LogP contribution in [0.2, 0.25) is 0 Å². The smallest absolute Gasteiger partial charge is 0.290 e. The second kappa shape index (κ2) is 10.1. The monoisotopic (exact) mass is 464 g/mol. The van der Waals surface area contributed by atoms with E-state index in [1.54, 1.807) is 47.6 Å². The van der Waals surface area contributed by atoms with Crippen molar-refractivity contribution in [2.75, 3.05) is 33.3 Å². The third kappa shape index (κ3) is 4.28. The van der Waals surface area contributed by atoms with Gasteiger partial charge in [-0.25, -0.2) is 0 Å². The van der Waals surface area contributed by atoms with Gasteiger partial charge in [0.05, 0.1) is 38.4 Å². The van der Waals surface area contributed by atoms with E-state index >= 15 is 0 Å². The highest BCUT2D eigenvalue weighted by molar-refractivity contribution is 6.16. The Hall–Kier alpha value is -3.65. The van der Waals surface area contributed by atoms with Crippen molar-refractivity contribution in [1.29, 1.82) is 0 Å². The lowest BCUT2D eigenvalue weighted by atomic mass is 9.95. The number of fused-ring (bicyclic) bond motifs is 1. The minimum atomic E-state index is -0.718. The Kier molecular flexibility index (Phi) is 6.98. The fraction of sp³-hybridized carbons (Fsp3) is 0.346. The summed E-state index contributed by atoms with van der Waals surface area (Å²) >= 11 is 0. The Balaban J connectivity index is 1.70. The number of Topliss-reactive ketones (excluding diaryl/α,β-unsaturated/α-hetero) is 1. The van der Waals surface area contributed by atoms with Crippen molar-refractivity contribution in [3.63, 3.8) is 0 Å². The lowest BCUT2D eigenvalue weighted by Gasteiger charge is -2.27. The summed E-state index contributed by atoms with van der Waals surface area (Å²) in [4.78, 5) is 33.8. The first kappa shape index (κ1) is 23.5. The van der Waals surface area contributed by atoms with Crippen LogP contribution < -0.4 is 9.64 Å². The molecule has 0 radical (unpaired) electrons. The average molecular weight is 465 g/mol. The summed E-state index contributed by atoms with van der Waals surface area (Å²) in [6.07, 6.45) is 3.98. The van der Waals surface area contributed by atoms with Crippen molar-refractivity contribution in [2.24, 2.45) is 0 Å². The maximum Gasteiger partial charge on any atom is 0.290 e. The van der Waals surface area contributed by atoms with Gasteiger partial charge in [-0.2, -0.15) is 0 Å². The molecule has 4 rings (SSSR count). The zero-order chi connectivity index (χ0) is 24.2. The number of nitrogens with zero attached hydrogens (tertiary/aromatic N) is 2. The number of methoxy groups -OCH3 is 1. The number of aromatic nitrogens is 1. The number of amides is 1. The van der Waals surface area contributed by atoms with Gasteiger partial charge in [-0.3, -0.25) is 14.6 Å². The fourth-order valence-corrected chi connectivity index (χ4v) is 4.55. The van der Waals surface area contributed by atoms with E-state index < -0.39 is 23.5 Å². The molecule has 2 aromatic heterocycles. The number of ketones is 1. The van der Waals surface area contributed by atoms with Crippen LogP contribution in [0.5, 0.6) is 5.75 Å². The molecule has 34 heavy (non-hydrogen) atoms. The number of aliphatic hydroxyl groups excluding tert-OH is 1. The maximum absolute atomic E-state index is 13.6. The van der Waals surface area contributed by atoms with Crippen LogP contribution in [0.4, 0.5) is 0 Å². The molecular formula is C26H30N3O5+. The van der Waals surface area contributed by atoms with Crippen molar-refractivity contribution in [3.05, 3.63) is 71.4 Å². The molecule has 0 saturated heterocycles. The van der Waals surface area contributed by atoms with Gasteiger partial charge in [-0.1, -0.05) is 12.1 Å². The summed E-state index contributed by atoms with van der Waals surface area (Å²) in [6.45, 7) is 7.58. The molecule has 0 unspecified atom stereocenters. The molecule has 0 saturated carbocycles. The highest BCUT2D eigenvalue weighted by Crippen LogP contribution is 2.40. The van der Waals surface area contributed by atoms with E-state index in [-0.39, 0.29) is 11.3 Å². The number of carbonyl (C=O) groups excluding carboxylic acids is 2. The maximum atomic E-state index is 13.6. The zero-order valence-corrected chi connectivity index (χ0v) is 19.7. The number of hydrogen-bond acceptors (Lipinski definition) is 6. The zero-order valence-electron chi connectivity index (χ0n) is 19.7. The summed E-state index contributed by atoms with van der Waals surface area (Å²) in [5, 5.41) is 11.5. The Labute approximate surface area is 198 Å². The van der Waals surface area contributed by atoms with E-state index in [1.807, 2.05) is 6.07 Å². The number of benzene rings is 1. The Morgan fingerprint density at radius 1 is 1.21 bits per heavy atom. The SMILES string of the molecule is CC[NH+](CC)CCCN1C(=O)C(O)=C(C(=O)c2cc3cccc(OC)c3o2)[C@H]1c1ccncc1. The Morgan fingerprint density at radius 3 is 2.62 bits per heavy atom. The molecule has 1 aromatic carbocycles. The highest BCUT2D eigenvalue weighted by Gasteiger charge is 2.44. The molecule has 1 aliphatic rings. The largest absolute Gasteiger partial charge is 0.503 e. The molecule has 1 atom stereocenters. The molecule has 8 nitrogen and oxygen atoms in total. The van der Waals surface area contributed by atoms with Crippen LogP contribution in [-0.4, -0.2) is 60.0 Å². The van der Waals surface area contributed by atoms with E-state index in [1.165, 1.54) is 12.0 Å². The fourth-order valence-electron chi connectivity index (χ4n) is 4.55. The van der Waals surface area contributed by atoms with E-state index in [4.69, 9.17) is 9.15 Å². The second-order valence-electron chi connectivity index (χ2n) is 8.32. The molecule has 0 aliphatic carbocycles. The van der Waals surface area contributed by atoms with E-state index in [0.29, 0.717) is 28.8 Å². The molecule has 8 heteroatoms. The molecular weight excluding hydrogens is 434 g/mol. The molecule has 3 heterocycles. The van der Waals surface area contributed by atoms with Gasteiger partial charge in [0.1, 0.15) is 0 Å². The molecule has 0 bridgehead atoms. The number of hydrogen-bond donors (Lipinski definition) is 2. The quantitative estimate of drug-likeness (QED) is 0.448. The van der Waals surface area contributed by atoms with E-state index in [9.17, 15) is 14.7 Å². The molecule has 3 aromatic rings. The standard InChI is InChI=1S/C26H29N3O5/c1-4-28(5-2)14-7-15-29-22(17-10-12-27-13-11-17)21(24(31)26(29)32)23(30)20-16-18-8-6-9-19(33-3)25(18)34-20/h6,8-13,16,22,31H,4-5,7,14-15H2,1-3H3/p+1/t22-/m1/s1. The summed E-state index contributed by atoms with van der Waals surface area (Å²) in [6, 6.07) is 9.78. The highest BCUT2D eigenvalue weighted by atomic mass is 16.5. The number of nitrogens with one attached hydrogen (secondary N) is 1. The Morgan fingerprint density at radius 2 is 1.94 bits per heavy atom. The van der Waals surface area contributed by atoms with Crippen molar-refractivity contribution < 1.29 is 28.7 Å². The van der Waals surface area contributed by atoms with E-state index in [2.05, 4.69) is 18.8 Å². The van der Waals surface area contributed by atoms with Gasteiger partial charge in [-0.15, -0.1) is 0 Å². The molecule has 1 amide bonds. The van der Waals surface area contributed by atoms with E-state index in [0.717, 1.165) is 26.1 Å². The van der Waals surface area contributed by atoms with Crippen LogP contribution in [0.1, 0.15) is 42.4 Å². The molecule has 0 spiro atoms. The van der Waals surface area contributed by atoms with Crippen molar-refractivity contribution in [1.82, 2.24) is 9.88 Å². The van der Waals surface area contributed by atoms with Crippen LogP contribution in [-0.2, 0) is 4.79 Å². The van der Waals surface area contributed by atoms with Gasteiger partial charge >= 0.3 is 0 Å². The normalized spacial score (nSPS) is 16.2. The van der Waals surface area contributed by atoms with Gasteiger partial charge in [-0.05, 0) is 43.7 Å². The number of ether oxygens (including phenoxy) is 1. The van der Waals surface area contributed by atoms with Gasteiger partial charge < -0.3 is 24.1 Å². The third-order valence-electron chi connectivity index (χ3n) is 6.45. The number of para-hydroxylation sites is 1. The molecule has 0 fully saturated rings. The molecule has 1 aliphatic heterocycles. The lowest BCUT2D eigenvalue weighted by molar-refractivity contribution is -0.896. The number of rotatable bonds is 10. The molecule has 178 valence electrons.